The lowest BCUT2D eigenvalue weighted by molar-refractivity contribution is -0.132. The maximum absolute atomic E-state index is 12.3. The van der Waals surface area contributed by atoms with Crippen LogP contribution in [-0.4, -0.2) is 49.2 Å². The van der Waals surface area contributed by atoms with Crippen molar-refractivity contribution < 1.29 is 19.1 Å². The SMILES string of the molecule is CC(C)COC(=O)NC1CCN(C(=O)CCCOc2ccccc2)CC1. The van der Waals surface area contributed by atoms with Crippen molar-refractivity contribution in [1.82, 2.24) is 10.2 Å². The predicted molar refractivity (Wildman–Crippen MR) is 100 cm³/mol. The van der Waals surface area contributed by atoms with Crippen LogP contribution in [-0.2, 0) is 9.53 Å². The Bertz CT molecular complexity index is 554. The summed E-state index contributed by atoms with van der Waals surface area (Å²) < 4.78 is 10.8. The Morgan fingerprint density at radius 1 is 1.19 bits per heavy atom. The summed E-state index contributed by atoms with van der Waals surface area (Å²) in [5, 5.41) is 2.89. The molecule has 1 fully saturated rings. The number of carbonyl (C=O) groups is 2. The number of para-hydroxylation sites is 1. The van der Waals surface area contributed by atoms with Crippen LogP contribution in [0.4, 0.5) is 4.79 Å². The maximum Gasteiger partial charge on any atom is 0.407 e. The van der Waals surface area contributed by atoms with Gasteiger partial charge in [-0.15, -0.1) is 0 Å². The monoisotopic (exact) mass is 362 g/mol. The van der Waals surface area contributed by atoms with Crippen LogP contribution < -0.4 is 10.1 Å². The molecule has 0 aliphatic carbocycles. The maximum atomic E-state index is 12.3. The fourth-order valence-electron chi connectivity index (χ4n) is 2.81. The molecule has 2 rings (SSSR count). The molecule has 0 bridgehead atoms. The second-order valence-electron chi connectivity index (χ2n) is 7.06. The quantitative estimate of drug-likeness (QED) is 0.721. The Hall–Kier alpha value is -2.24. The van der Waals surface area contributed by atoms with E-state index in [0.29, 0.717) is 45.1 Å². The van der Waals surface area contributed by atoms with Gasteiger partial charge in [0.15, 0.2) is 0 Å². The summed E-state index contributed by atoms with van der Waals surface area (Å²) in [5.41, 5.74) is 0. The summed E-state index contributed by atoms with van der Waals surface area (Å²) in [4.78, 5) is 25.8. The summed E-state index contributed by atoms with van der Waals surface area (Å²) in [6, 6.07) is 9.70. The van der Waals surface area contributed by atoms with Crippen molar-refractivity contribution in [2.45, 2.75) is 45.6 Å². The fraction of sp³-hybridized carbons (Fsp3) is 0.600. The lowest BCUT2D eigenvalue weighted by Gasteiger charge is -2.32. The third-order valence-electron chi connectivity index (χ3n) is 4.26. The molecule has 0 spiro atoms. The third-order valence-corrected chi connectivity index (χ3v) is 4.26. The number of piperidine rings is 1. The van der Waals surface area contributed by atoms with Gasteiger partial charge in [0.1, 0.15) is 5.75 Å². The number of likely N-dealkylation sites (tertiary alicyclic amines) is 1. The van der Waals surface area contributed by atoms with Crippen molar-refractivity contribution >= 4 is 12.0 Å². The third kappa shape index (κ3) is 7.33. The highest BCUT2D eigenvalue weighted by Gasteiger charge is 2.24. The van der Waals surface area contributed by atoms with Crippen molar-refractivity contribution in [3.63, 3.8) is 0 Å². The molecule has 1 aliphatic rings. The van der Waals surface area contributed by atoms with E-state index in [1.807, 2.05) is 49.1 Å². The Morgan fingerprint density at radius 3 is 2.54 bits per heavy atom. The molecule has 144 valence electrons. The van der Waals surface area contributed by atoms with Crippen LogP contribution >= 0.6 is 0 Å². The van der Waals surface area contributed by atoms with Crippen LogP contribution in [0.15, 0.2) is 30.3 Å². The number of alkyl carbamates (subject to hydrolysis) is 1. The number of hydrogen-bond acceptors (Lipinski definition) is 4. The van der Waals surface area contributed by atoms with Gasteiger partial charge < -0.3 is 19.7 Å². The highest BCUT2D eigenvalue weighted by molar-refractivity contribution is 5.76. The Balaban J connectivity index is 1.58. The molecular formula is C20H30N2O4. The number of carbonyl (C=O) groups excluding carboxylic acids is 2. The highest BCUT2D eigenvalue weighted by atomic mass is 16.5. The van der Waals surface area contributed by atoms with Gasteiger partial charge >= 0.3 is 6.09 Å². The zero-order valence-corrected chi connectivity index (χ0v) is 15.8. The van der Waals surface area contributed by atoms with E-state index in [9.17, 15) is 9.59 Å². The van der Waals surface area contributed by atoms with E-state index in [0.717, 1.165) is 18.6 Å². The zero-order chi connectivity index (χ0) is 18.8. The van der Waals surface area contributed by atoms with E-state index in [4.69, 9.17) is 9.47 Å². The first-order chi connectivity index (χ1) is 12.5. The molecule has 6 nitrogen and oxygen atoms in total. The summed E-state index contributed by atoms with van der Waals surface area (Å²) in [6.45, 7) is 6.31. The van der Waals surface area contributed by atoms with Crippen molar-refractivity contribution in [3.8, 4) is 5.75 Å². The smallest absolute Gasteiger partial charge is 0.407 e. The number of rotatable bonds is 8. The minimum Gasteiger partial charge on any atom is -0.494 e. The number of hydrogen-bond donors (Lipinski definition) is 1. The Labute approximate surface area is 155 Å². The molecule has 6 heteroatoms. The molecule has 1 aromatic rings. The van der Waals surface area contributed by atoms with E-state index < -0.39 is 0 Å². The van der Waals surface area contributed by atoms with Crippen molar-refractivity contribution in [2.75, 3.05) is 26.3 Å². The van der Waals surface area contributed by atoms with Gasteiger partial charge in [-0.1, -0.05) is 32.0 Å². The molecular weight excluding hydrogens is 332 g/mol. The topological polar surface area (TPSA) is 67.9 Å². The molecule has 0 saturated carbocycles. The number of nitrogens with zero attached hydrogens (tertiary/aromatic N) is 1. The van der Waals surface area contributed by atoms with Gasteiger partial charge in [0.25, 0.3) is 0 Å². The van der Waals surface area contributed by atoms with Crippen LogP contribution in [0.25, 0.3) is 0 Å². The molecule has 1 heterocycles. The van der Waals surface area contributed by atoms with Gasteiger partial charge in [0.05, 0.1) is 13.2 Å². The largest absolute Gasteiger partial charge is 0.494 e. The van der Waals surface area contributed by atoms with E-state index in [-0.39, 0.29) is 18.0 Å². The van der Waals surface area contributed by atoms with Crippen LogP contribution in [0.2, 0.25) is 0 Å². The minimum absolute atomic E-state index is 0.0835. The van der Waals surface area contributed by atoms with Crippen molar-refractivity contribution in [2.24, 2.45) is 5.92 Å². The molecule has 1 aliphatic heterocycles. The van der Waals surface area contributed by atoms with Gasteiger partial charge in [0, 0.05) is 25.6 Å². The molecule has 1 N–H and O–H groups in total. The molecule has 1 aromatic carbocycles. The van der Waals surface area contributed by atoms with Crippen molar-refractivity contribution in [1.29, 1.82) is 0 Å². The van der Waals surface area contributed by atoms with E-state index in [1.165, 1.54) is 0 Å². The first kappa shape index (κ1) is 20.1. The number of ether oxygens (including phenoxy) is 2. The molecule has 0 aromatic heterocycles. The lowest BCUT2D eigenvalue weighted by atomic mass is 10.0. The predicted octanol–water partition coefficient (Wildman–Crippen LogP) is 3.22. The van der Waals surface area contributed by atoms with Gasteiger partial charge in [-0.3, -0.25) is 4.79 Å². The number of nitrogens with one attached hydrogen (secondary N) is 1. The summed E-state index contributed by atoms with van der Waals surface area (Å²) >= 11 is 0. The summed E-state index contributed by atoms with van der Waals surface area (Å²) in [6.07, 6.45) is 2.36. The highest BCUT2D eigenvalue weighted by Crippen LogP contribution is 2.13. The molecule has 0 unspecified atom stereocenters. The first-order valence-electron chi connectivity index (χ1n) is 9.43. The molecule has 26 heavy (non-hydrogen) atoms. The zero-order valence-electron chi connectivity index (χ0n) is 15.8. The molecule has 0 radical (unpaired) electrons. The van der Waals surface area contributed by atoms with Gasteiger partial charge in [-0.2, -0.15) is 0 Å². The first-order valence-corrected chi connectivity index (χ1v) is 9.43. The molecule has 2 amide bonds. The molecule has 0 atom stereocenters. The van der Waals surface area contributed by atoms with E-state index in [1.54, 1.807) is 0 Å². The number of amides is 2. The Morgan fingerprint density at radius 2 is 1.88 bits per heavy atom. The van der Waals surface area contributed by atoms with E-state index >= 15 is 0 Å². The van der Waals surface area contributed by atoms with Crippen LogP contribution in [0.5, 0.6) is 5.75 Å². The second-order valence-corrected chi connectivity index (χ2v) is 7.06. The van der Waals surface area contributed by atoms with Gasteiger partial charge in [-0.05, 0) is 37.3 Å². The molecule has 1 saturated heterocycles. The lowest BCUT2D eigenvalue weighted by Crippen LogP contribution is -2.46. The normalized spacial score (nSPS) is 15.0. The van der Waals surface area contributed by atoms with Crippen LogP contribution in [0.3, 0.4) is 0 Å². The fourth-order valence-corrected chi connectivity index (χ4v) is 2.81. The minimum atomic E-state index is -0.360. The summed E-state index contributed by atoms with van der Waals surface area (Å²) in [7, 11) is 0. The van der Waals surface area contributed by atoms with Gasteiger partial charge in [0.2, 0.25) is 5.91 Å². The van der Waals surface area contributed by atoms with Crippen LogP contribution in [0.1, 0.15) is 39.5 Å². The standard InChI is InChI=1S/C20H30N2O4/c1-16(2)15-26-20(24)21-17-10-12-22(13-11-17)19(23)9-6-14-25-18-7-4-3-5-8-18/h3-5,7-8,16-17H,6,9-15H2,1-2H3,(H,21,24). The van der Waals surface area contributed by atoms with Crippen molar-refractivity contribution in [3.05, 3.63) is 30.3 Å². The Kier molecular flexibility index (Phi) is 8.25. The average molecular weight is 362 g/mol. The van der Waals surface area contributed by atoms with Crippen LogP contribution in [0, 0.1) is 5.92 Å². The second kappa shape index (κ2) is 10.7. The van der Waals surface area contributed by atoms with Gasteiger partial charge in [-0.25, -0.2) is 4.79 Å². The van der Waals surface area contributed by atoms with E-state index in [2.05, 4.69) is 5.32 Å². The summed E-state index contributed by atoms with van der Waals surface area (Å²) in [5.74, 6) is 1.31. The number of benzene rings is 1. The average Bonchev–Trinajstić information content (AvgIpc) is 2.65.